The minimum absolute atomic E-state index is 0.219. The summed E-state index contributed by atoms with van der Waals surface area (Å²) in [5.74, 6) is 0. The van der Waals surface area contributed by atoms with Crippen molar-refractivity contribution in [3.05, 3.63) is 0 Å². The monoisotopic (exact) mass is 268 g/mol. The summed E-state index contributed by atoms with van der Waals surface area (Å²) in [5, 5.41) is 0. The fraction of sp³-hybridized carbons (Fsp3) is 1.00. The molecule has 0 amide bonds. The predicted octanol–water partition coefficient (Wildman–Crippen LogP) is 2.79. The van der Waals surface area contributed by atoms with Gasteiger partial charge in [0.05, 0.1) is 5.60 Å². The third-order valence-electron chi connectivity index (χ3n) is 5.09. The Bertz CT molecular complexity index is 284. The third-order valence-corrected chi connectivity index (χ3v) is 5.09. The van der Waals surface area contributed by atoms with E-state index in [1.165, 1.54) is 38.5 Å². The Balaban J connectivity index is 1.98. The van der Waals surface area contributed by atoms with Crippen molar-refractivity contribution in [2.24, 2.45) is 11.1 Å². The summed E-state index contributed by atoms with van der Waals surface area (Å²) >= 11 is 0. The maximum Gasteiger partial charge on any atom is 0.0697 e. The summed E-state index contributed by atoms with van der Waals surface area (Å²) in [6.07, 6.45) is 7.70. The summed E-state index contributed by atoms with van der Waals surface area (Å²) in [6, 6.07) is 0.697. The van der Waals surface area contributed by atoms with Gasteiger partial charge in [0.25, 0.3) is 0 Å². The molecule has 1 saturated heterocycles. The molecule has 1 aliphatic heterocycles. The van der Waals surface area contributed by atoms with Gasteiger partial charge in [-0.1, -0.05) is 33.6 Å². The molecule has 0 aromatic rings. The lowest BCUT2D eigenvalue weighted by Crippen LogP contribution is -2.50. The van der Waals surface area contributed by atoms with Gasteiger partial charge in [0, 0.05) is 19.2 Å². The fourth-order valence-electron chi connectivity index (χ4n) is 3.79. The van der Waals surface area contributed by atoms with Crippen molar-refractivity contribution in [2.75, 3.05) is 26.2 Å². The molecule has 0 bridgehead atoms. The zero-order valence-electron chi connectivity index (χ0n) is 13.1. The Kier molecular flexibility index (Phi) is 4.91. The standard InChI is InChI=1S/C16H32N2O/c1-4-18(13-15(2,3)12-17)14-7-10-19-16(11-14)8-5-6-9-16/h14H,4-13,17H2,1-3H3. The molecule has 1 spiro atoms. The zero-order valence-corrected chi connectivity index (χ0v) is 13.1. The molecule has 1 heterocycles. The molecular formula is C16H32N2O. The first-order valence-corrected chi connectivity index (χ1v) is 8.08. The molecule has 2 N–H and O–H groups in total. The van der Waals surface area contributed by atoms with Crippen LogP contribution in [0.3, 0.4) is 0 Å². The van der Waals surface area contributed by atoms with Crippen molar-refractivity contribution in [1.29, 1.82) is 0 Å². The molecule has 3 nitrogen and oxygen atoms in total. The Morgan fingerprint density at radius 3 is 2.58 bits per heavy atom. The molecule has 3 heteroatoms. The van der Waals surface area contributed by atoms with Crippen molar-refractivity contribution >= 4 is 0 Å². The van der Waals surface area contributed by atoms with Crippen LogP contribution in [0.1, 0.15) is 59.3 Å². The van der Waals surface area contributed by atoms with E-state index in [1.54, 1.807) is 0 Å². The lowest BCUT2D eigenvalue weighted by Gasteiger charge is -2.44. The Morgan fingerprint density at radius 2 is 2.00 bits per heavy atom. The van der Waals surface area contributed by atoms with Crippen LogP contribution >= 0.6 is 0 Å². The van der Waals surface area contributed by atoms with Crippen LogP contribution in [0.25, 0.3) is 0 Å². The van der Waals surface area contributed by atoms with Gasteiger partial charge in [0.15, 0.2) is 0 Å². The van der Waals surface area contributed by atoms with Crippen LogP contribution in [-0.2, 0) is 4.74 Å². The number of nitrogens with two attached hydrogens (primary N) is 1. The molecule has 1 atom stereocenters. The molecule has 1 saturated carbocycles. The van der Waals surface area contributed by atoms with Crippen LogP contribution in [0.15, 0.2) is 0 Å². The summed E-state index contributed by atoms with van der Waals surface area (Å²) in [4.78, 5) is 2.65. The topological polar surface area (TPSA) is 38.5 Å². The van der Waals surface area contributed by atoms with Crippen molar-refractivity contribution < 1.29 is 4.74 Å². The predicted molar refractivity (Wildman–Crippen MR) is 80.3 cm³/mol. The van der Waals surface area contributed by atoms with Gasteiger partial charge in [-0.2, -0.15) is 0 Å². The molecule has 0 aromatic carbocycles. The maximum absolute atomic E-state index is 6.16. The molecule has 2 aliphatic rings. The number of hydrogen-bond donors (Lipinski definition) is 1. The minimum Gasteiger partial charge on any atom is -0.375 e. The van der Waals surface area contributed by atoms with Crippen molar-refractivity contribution in [3.8, 4) is 0 Å². The quantitative estimate of drug-likeness (QED) is 0.833. The third kappa shape index (κ3) is 3.71. The van der Waals surface area contributed by atoms with Gasteiger partial charge in [-0.3, -0.25) is 4.90 Å². The number of ether oxygens (including phenoxy) is 1. The number of rotatable bonds is 5. The van der Waals surface area contributed by atoms with Crippen molar-refractivity contribution in [2.45, 2.75) is 70.9 Å². The maximum atomic E-state index is 6.16. The van der Waals surface area contributed by atoms with Crippen LogP contribution in [0.5, 0.6) is 0 Å². The second-order valence-electron chi connectivity index (χ2n) is 7.32. The molecule has 2 fully saturated rings. The molecule has 112 valence electrons. The minimum atomic E-state index is 0.219. The first-order chi connectivity index (χ1) is 9.00. The highest BCUT2D eigenvalue weighted by Gasteiger charge is 2.41. The second kappa shape index (κ2) is 6.11. The SMILES string of the molecule is CCN(CC(C)(C)CN)C1CCOC2(CCCC2)C1. The van der Waals surface area contributed by atoms with E-state index in [0.717, 1.165) is 26.2 Å². The van der Waals surface area contributed by atoms with Gasteiger partial charge in [-0.05, 0) is 44.2 Å². The lowest BCUT2D eigenvalue weighted by atomic mass is 9.86. The van der Waals surface area contributed by atoms with E-state index in [0.29, 0.717) is 6.04 Å². The van der Waals surface area contributed by atoms with E-state index < -0.39 is 0 Å². The van der Waals surface area contributed by atoms with Gasteiger partial charge in [-0.25, -0.2) is 0 Å². The number of hydrogen-bond acceptors (Lipinski definition) is 3. The highest BCUT2D eigenvalue weighted by molar-refractivity contribution is 4.94. The van der Waals surface area contributed by atoms with Gasteiger partial charge in [0.1, 0.15) is 0 Å². The van der Waals surface area contributed by atoms with E-state index in [4.69, 9.17) is 10.5 Å². The molecule has 2 rings (SSSR count). The van der Waals surface area contributed by atoms with Crippen LogP contribution in [0, 0.1) is 5.41 Å². The molecule has 1 unspecified atom stereocenters. The summed E-state index contributed by atoms with van der Waals surface area (Å²) in [5.41, 5.74) is 6.35. The van der Waals surface area contributed by atoms with Crippen LogP contribution in [0.4, 0.5) is 0 Å². The van der Waals surface area contributed by atoms with Gasteiger partial charge >= 0.3 is 0 Å². The van der Waals surface area contributed by atoms with Crippen LogP contribution in [0.2, 0.25) is 0 Å². The highest BCUT2D eigenvalue weighted by atomic mass is 16.5. The normalized spacial score (nSPS) is 27.3. The van der Waals surface area contributed by atoms with E-state index in [-0.39, 0.29) is 11.0 Å². The Hall–Kier alpha value is -0.120. The Labute approximate surface area is 118 Å². The summed E-state index contributed by atoms with van der Waals surface area (Å²) in [7, 11) is 0. The Morgan fingerprint density at radius 1 is 1.32 bits per heavy atom. The van der Waals surface area contributed by atoms with Crippen molar-refractivity contribution in [3.63, 3.8) is 0 Å². The van der Waals surface area contributed by atoms with Crippen LogP contribution < -0.4 is 5.73 Å². The number of nitrogens with zero attached hydrogens (tertiary/aromatic N) is 1. The van der Waals surface area contributed by atoms with Gasteiger partial charge in [0.2, 0.25) is 0 Å². The summed E-state index contributed by atoms with van der Waals surface area (Å²) < 4.78 is 6.16. The fourth-order valence-corrected chi connectivity index (χ4v) is 3.79. The molecular weight excluding hydrogens is 236 g/mol. The summed E-state index contributed by atoms with van der Waals surface area (Å²) in [6.45, 7) is 10.8. The van der Waals surface area contributed by atoms with Crippen molar-refractivity contribution in [1.82, 2.24) is 4.90 Å². The molecule has 1 aliphatic carbocycles. The molecule has 0 radical (unpaired) electrons. The average Bonchev–Trinajstić information content (AvgIpc) is 2.84. The second-order valence-corrected chi connectivity index (χ2v) is 7.32. The molecule has 0 aromatic heterocycles. The van der Waals surface area contributed by atoms with Crippen LogP contribution in [-0.4, -0.2) is 42.8 Å². The smallest absolute Gasteiger partial charge is 0.0697 e. The first-order valence-electron chi connectivity index (χ1n) is 8.08. The van der Waals surface area contributed by atoms with E-state index >= 15 is 0 Å². The van der Waals surface area contributed by atoms with E-state index in [1.807, 2.05) is 0 Å². The van der Waals surface area contributed by atoms with E-state index in [9.17, 15) is 0 Å². The first kappa shape index (κ1) is 15.3. The zero-order chi connectivity index (χ0) is 13.9. The lowest BCUT2D eigenvalue weighted by molar-refractivity contribution is -0.104. The largest absolute Gasteiger partial charge is 0.375 e. The van der Waals surface area contributed by atoms with Gasteiger partial charge in [-0.15, -0.1) is 0 Å². The van der Waals surface area contributed by atoms with Gasteiger partial charge < -0.3 is 10.5 Å². The molecule has 19 heavy (non-hydrogen) atoms. The van der Waals surface area contributed by atoms with E-state index in [2.05, 4.69) is 25.7 Å². The highest BCUT2D eigenvalue weighted by Crippen LogP contribution is 2.41. The average molecular weight is 268 g/mol.